The lowest BCUT2D eigenvalue weighted by atomic mass is 10.0. The zero-order chi connectivity index (χ0) is 13.7. The SMILES string of the molecule is CCNC(CN1CC(C)OCC1C)c1ccccc1. The molecular weight excluding hydrogens is 236 g/mol. The summed E-state index contributed by atoms with van der Waals surface area (Å²) in [6.07, 6.45) is 0.342. The van der Waals surface area contributed by atoms with Crippen LogP contribution in [0, 0.1) is 0 Å². The zero-order valence-electron chi connectivity index (χ0n) is 12.3. The fourth-order valence-corrected chi connectivity index (χ4v) is 2.68. The Kier molecular flexibility index (Phi) is 5.37. The van der Waals surface area contributed by atoms with E-state index in [2.05, 4.69) is 61.3 Å². The van der Waals surface area contributed by atoms with E-state index in [-0.39, 0.29) is 0 Å². The average Bonchev–Trinajstić information content (AvgIpc) is 2.43. The highest BCUT2D eigenvalue weighted by atomic mass is 16.5. The predicted molar refractivity (Wildman–Crippen MR) is 79.3 cm³/mol. The molecule has 3 atom stereocenters. The third-order valence-electron chi connectivity index (χ3n) is 3.81. The normalized spacial score (nSPS) is 26.3. The number of morpholine rings is 1. The summed E-state index contributed by atoms with van der Waals surface area (Å²) in [4.78, 5) is 2.54. The first-order valence-electron chi connectivity index (χ1n) is 7.34. The van der Waals surface area contributed by atoms with E-state index < -0.39 is 0 Å². The maximum absolute atomic E-state index is 5.71. The number of nitrogens with zero attached hydrogens (tertiary/aromatic N) is 1. The molecule has 0 radical (unpaired) electrons. The van der Waals surface area contributed by atoms with E-state index in [9.17, 15) is 0 Å². The van der Waals surface area contributed by atoms with Gasteiger partial charge in [-0.05, 0) is 26.0 Å². The minimum Gasteiger partial charge on any atom is -0.376 e. The van der Waals surface area contributed by atoms with Crippen LogP contribution in [0.3, 0.4) is 0 Å². The Bertz CT molecular complexity index is 368. The molecule has 0 aliphatic carbocycles. The third-order valence-corrected chi connectivity index (χ3v) is 3.81. The summed E-state index contributed by atoms with van der Waals surface area (Å²) in [5.74, 6) is 0. The maximum Gasteiger partial charge on any atom is 0.0674 e. The molecule has 1 aromatic rings. The van der Waals surface area contributed by atoms with Gasteiger partial charge in [0.15, 0.2) is 0 Å². The van der Waals surface area contributed by atoms with Gasteiger partial charge in [0.25, 0.3) is 0 Å². The van der Waals surface area contributed by atoms with E-state index in [4.69, 9.17) is 4.74 Å². The number of likely N-dealkylation sites (N-methyl/N-ethyl adjacent to an activating group) is 1. The van der Waals surface area contributed by atoms with Gasteiger partial charge in [-0.3, -0.25) is 4.90 Å². The van der Waals surface area contributed by atoms with Crippen molar-refractivity contribution in [2.24, 2.45) is 0 Å². The molecule has 19 heavy (non-hydrogen) atoms. The molecule has 1 N–H and O–H groups in total. The largest absolute Gasteiger partial charge is 0.376 e. The summed E-state index contributed by atoms with van der Waals surface area (Å²) in [5, 5.41) is 3.60. The lowest BCUT2D eigenvalue weighted by molar-refractivity contribution is -0.0521. The van der Waals surface area contributed by atoms with Crippen LogP contribution in [0.1, 0.15) is 32.4 Å². The van der Waals surface area contributed by atoms with Crippen molar-refractivity contribution in [1.29, 1.82) is 0 Å². The highest BCUT2D eigenvalue weighted by Gasteiger charge is 2.25. The molecule has 1 aliphatic rings. The standard InChI is InChI=1S/C16H26N2O/c1-4-17-16(15-8-6-5-7-9-15)11-18-10-14(3)19-12-13(18)2/h5-9,13-14,16-17H,4,10-12H2,1-3H3. The molecule has 0 aromatic heterocycles. The lowest BCUT2D eigenvalue weighted by Crippen LogP contribution is -2.50. The number of rotatable bonds is 5. The summed E-state index contributed by atoms with van der Waals surface area (Å²) < 4.78 is 5.71. The summed E-state index contributed by atoms with van der Waals surface area (Å²) in [7, 11) is 0. The van der Waals surface area contributed by atoms with Gasteiger partial charge in [-0.15, -0.1) is 0 Å². The van der Waals surface area contributed by atoms with Crippen molar-refractivity contribution in [2.75, 3.05) is 26.2 Å². The van der Waals surface area contributed by atoms with Crippen LogP contribution in [-0.4, -0.2) is 43.3 Å². The lowest BCUT2D eigenvalue weighted by Gasteiger charge is -2.39. The van der Waals surface area contributed by atoms with Crippen LogP contribution in [0.2, 0.25) is 0 Å². The van der Waals surface area contributed by atoms with Gasteiger partial charge in [-0.25, -0.2) is 0 Å². The van der Waals surface area contributed by atoms with Crippen LogP contribution in [-0.2, 0) is 4.74 Å². The second-order valence-electron chi connectivity index (χ2n) is 5.47. The second-order valence-corrected chi connectivity index (χ2v) is 5.47. The molecule has 0 spiro atoms. The van der Waals surface area contributed by atoms with Gasteiger partial charge in [0.2, 0.25) is 0 Å². The maximum atomic E-state index is 5.71. The minimum atomic E-state index is 0.342. The molecular formula is C16H26N2O. The topological polar surface area (TPSA) is 24.5 Å². The Balaban J connectivity index is 2.03. The third kappa shape index (κ3) is 4.03. The molecule has 3 heteroatoms. The van der Waals surface area contributed by atoms with Gasteiger partial charge in [0.05, 0.1) is 12.7 Å². The van der Waals surface area contributed by atoms with Crippen molar-refractivity contribution in [3.8, 4) is 0 Å². The van der Waals surface area contributed by atoms with Crippen LogP contribution < -0.4 is 5.32 Å². The van der Waals surface area contributed by atoms with Gasteiger partial charge >= 0.3 is 0 Å². The number of hydrogen-bond acceptors (Lipinski definition) is 3. The highest BCUT2D eigenvalue weighted by molar-refractivity contribution is 5.19. The van der Waals surface area contributed by atoms with Crippen molar-refractivity contribution in [3.05, 3.63) is 35.9 Å². The van der Waals surface area contributed by atoms with Gasteiger partial charge in [0, 0.05) is 25.2 Å². The van der Waals surface area contributed by atoms with Gasteiger partial charge in [-0.1, -0.05) is 37.3 Å². The molecule has 1 aliphatic heterocycles. The van der Waals surface area contributed by atoms with Crippen molar-refractivity contribution in [2.45, 2.75) is 39.0 Å². The molecule has 0 bridgehead atoms. The summed E-state index contributed by atoms with van der Waals surface area (Å²) >= 11 is 0. The highest BCUT2D eigenvalue weighted by Crippen LogP contribution is 2.18. The average molecular weight is 262 g/mol. The zero-order valence-corrected chi connectivity index (χ0v) is 12.3. The molecule has 1 heterocycles. The summed E-state index contributed by atoms with van der Waals surface area (Å²) in [6, 6.07) is 11.6. The molecule has 3 unspecified atom stereocenters. The first-order chi connectivity index (χ1) is 9.20. The number of ether oxygens (including phenoxy) is 1. The summed E-state index contributed by atoms with van der Waals surface area (Å²) in [6.45, 7) is 10.5. The fraction of sp³-hybridized carbons (Fsp3) is 0.625. The summed E-state index contributed by atoms with van der Waals surface area (Å²) in [5.41, 5.74) is 1.37. The van der Waals surface area contributed by atoms with Gasteiger partial charge < -0.3 is 10.1 Å². The molecule has 3 nitrogen and oxygen atoms in total. The Morgan fingerprint density at radius 3 is 2.74 bits per heavy atom. The fourth-order valence-electron chi connectivity index (χ4n) is 2.68. The van der Waals surface area contributed by atoms with E-state index >= 15 is 0 Å². The van der Waals surface area contributed by atoms with E-state index in [1.165, 1.54) is 5.56 Å². The minimum absolute atomic E-state index is 0.342. The number of nitrogens with one attached hydrogen (secondary N) is 1. The molecule has 1 saturated heterocycles. The Morgan fingerprint density at radius 1 is 1.32 bits per heavy atom. The van der Waals surface area contributed by atoms with Crippen LogP contribution >= 0.6 is 0 Å². The Labute approximate surface area is 116 Å². The molecule has 1 aromatic carbocycles. The smallest absolute Gasteiger partial charge is 0.0674 e. The molecule has 0 amide bonds. The Morgan fingerprint density at radius 2 is 2.05 bits per heavy atom. The van der Waals surface area contributed by atoms with Crippen molar-refractivity contribution < 1.29 is 4.74 Å². The second kappa shape index (κ2) is 7.04. The van der Waals surface area contributed by atoms with Crippen molar-refractivity contribution in [1.82, 2.24) is 10.2 Å². The van der Waals surface area contributed by atoms with E-state index in [1.54, 1.807) is 0 Å². The van der Waals surface area contributed by atoms with Gasteiger partial charge in [-0.2, -0.15) is 0 Å². The van der Waals surface area contributed by atoms with E-state index in [0.29, 0.717) is 18.2 Å². The molecule has 2 rings (SSSR count). The van der Waals surface area contributed by atoms with Crippen molar-refractivity contribution in [3.63, 3.8) is 0 Å². The van der Waals surface area contributed by atoms with E-state index in [1.807, 2.05) is 0 Å². The first kappa shape index (κ1) is 14.5. The van der Waals surface area contributed by atoms with Crippen molar-refractivity contribution >= 4 is 0 Å². The van der Waals surface area contributed by atoms with E-state index in [0.717, 1.165) is 26.2 Å². The number of hydrogen-bond donors (Lipinski definition) is 1. The molecule has 106 valence electrons. The monoisotopic (exact) mass is 262 g/mol. The molecule has 0 saturated carbocycles. The van der Waals surface area contributed by atoms with Crippen LogP contribution in [0.5, 0.6) is 0 Å². The van der Waals surface area contributed by atoms with Crippen LogP contribution in [0.25, 0.3) is 0 Å². The Hall–Kier alpha value is -0.900. The predicted octanol–water partition coefficient (Wildman–Crippen LogP) is 2.45. The van der Waals surface area contributed by atoms with Crippen LogP contribution in [0.15, 0.2) is 30.3 Å². The number of benzene rings is 1. The quantitative estimate of drug-likeness (QED) is 0.882. The van der Waals surface area contributed by atoms with Gasteiger partial charge in [0.1, 0.15) is 0 Å². The van der Waals surface area contributed by atoms with Crippen LogP contribution in [0.4, 0.5) is 0 Å². The first-order valence-corrected chi connectivity index (χ1v) is 7.34. The molecule has 1 fully saturated rings.